The van der Waals surface area contributed by atoms with E-state index in [2.05, 4.69) is 16.8 Å². The minimum absolute atomic E-state index is 0.735. The highest BCUT2D eigenvalue weighted by atomic mass is 16.3. The van der Waals surface area contributed by atoms with E-state index < -0.39 is 0 Å². The van der Waals surface area contributed by atoms with E-state index in [9.17, 15) is 0 Å². The van der Waals surface area contributed by atoms with Gasteiger partial charge in [0.2, 0.25) is 0 Å². The summed E-state index contributed by atoms with van der Waals surface area (Å²) in [5.41, 5.74) is 1.24. The van der Waals surface area contributed by atoms with E-state index in [1.54, 1.807) is 6.26 Å². The van der Waals surface area contributed by atoms with Gasteiger partial charge in [-0.1, -0.05) is 6.58 Å². The molecular weight excluding hydrogens is 200 g/mol. The molecule has 3 nitrogen and oxygen atoms in total. The summed E-state index contributed by atoms with van der Waals surface area (Å²) >= 11 is 0. The zero-order valence-corrected chi connectivity index (χ0v) is 9.91. The molecule has 0 spiro atoms. The van der Waals surface area contributed by atoms with Crippen LogP contribution in [0.1, 0.15) is 18.6 Å². The minimum Gasteiger partial charge on any atom is -0.468 e. The van der Waals surface area contributed by atoms with Crippen molar-refractivity contribution in [1.29, 1.82) is 0 Å². The van der Waals surface area contributed by atoms with Gasteiger partial charge in [0, 0.05) is 19.1 Å². The highest BCUT2D eigenvalue weighted by Crippen LogP contribution is 2.28. The van der Waals surface area contributed by atoms with Gasteiger partial charge in [-0.2, -0.15) is 0 Å². The summed E-state index contributed by atoms with van der Waals surface area (Å²) in [7, 11) is 1.96. The normalized spacial score (nSPS) is 15.6. The van der Waals surface area contributed by atoms with Gasteiger partial charge in [-0.05, 0) is 37.6 Å². The van der Waals surface area contributed by atoms with Gasteiger partial charge in [-0.3, -0.25) is 4.90 Å². The quantitative estimate of drug-likeness (QED) is 0.713. The van der Waals surface area contributed by atoms with E-state index in [4.69, 9.17) is 4.42 Å². The van der Waals surface area contributed by atoms with Crippen molar-refractivity contribution in [3.8, 4) is 0 Å². The van der Waals surface area contributed by atoms with E-state index in [1.165, 1.54) is 18.4 Å². The Labute approximate surface area is 97.1 Å². The zero-order valence-electron chi connectivity index (χ0n) is 9.91. The average Bonchev–Trinajstić information content (AvgIpc) is 2.98. The molecule has 1 heterocycles. The van der Waals surface area contributed by atoms with Gasteiger partial charge in [0.1, 0.15) is 5.76 Å². The molecule has 2 rings (SSSR count). The first kappa shape index (κ1) is 11.4. The second-order valence-corrected chi connectivity index (χ2v) is 4.50. The van der Waals surface area contributed by atoms with E-state index in [0.717, 1.165) is 31.4 Å². The second-order valence-electron chi connectivity index (χ2n) is 4.50. The smallest absolute Gasteiger partial charge is 0.117 e. The van der Waals surface area contributed by atoms with Crippen LogP contribution in [-0.2, 0) is 6.54 Å². The molecule has 0 aromatic carbocycles. The Morgan fingerprint density at radius 1 is 1.62 bits per heavy atom. The van der Waals surface area contributed by atoms with Crippen LogP contribution < -0.4 is 5.32 Å². The van der Waals surface area contributed by atoms with Crippen molar-refractivity contribution in [3.63, 3.8) is 0 Å². The third-order valence-electron chi connectivity index (χ3n) is 2.86. The number of nitrogens with one attached hydrogen (secondary N) is 1. The molecule has 0 bridgehead atoms. The van der Waals surface area contributed by atoms with Gasteiger partial charge in [-0.15, -0.1) is 0 Å². The predicted octanol–water partition coefficient (Wildman–Crippen LogP) is 2.02. The SMILES string of the molecule is C=C(CNC)CN(Cc1ccco1)C1CC1. The van der Waals surface area contributed by atoms with E-state index in [0.29, 0.717) is 0 Å². The molecule has 3 heteroatoms. The van der Waals surface area contributed by atoms with E-state index in [-0.39, 0.29) is 0 Å². The summed E-state index contributed by atoms with van der Waals surface area (Å²) in [5, 5.41) is 3.14. The molecule has 1 aliphatic rings. The van der Waals surface area contributed by atoms with Crippen LogP contribution in [0, 0.1) is 0 Å². The lowest BCUT2D eigenvalue weighted by Gasteiger charge is -2.21. The number of likely N-dealkylation sites (N-methyl/N-ethyl adjacent to an activating group) is 1. The zero-order chi connectivity index (χ0) is 11.4. The molecule has 1 saturated carbocycles. The molecule has 0 aliphatic heterocycles. The molecule has 0 atom stereocenters. The molecule has 16 heavy (non-hydrogen) atoms. The number of hydrogen-bond acceptors (Lipinski definition) is 3. The first-order chi connectivity index (χ1) is 7.79. The average molecular weight is 220 g/mol. The maximum atomic E-state index is 5.40. The molecule has 1 fully saturated rings. The van der Waals surface area contributed by atoms with Gasteiger partial charge >= 0.3 is 0 Å². The monoisotopic (exact) mass is 220 g/mol. The Morgan fingerprint density at radius 2 is 2.44 bits per heavy atom. The molecule has 88 valence electrons. The lowest BCUT2D eigenvalue weighted by Crippen LogP contribution is -2.29. The van der Waals surface area contributed by atoms with Crippen molar-refractivity contribution in [2.24, 2.45) is 0 Å². The Balaban J connectivity index is 1.87. The maximum absolute atomic E-state index is 5.40. The van der Waals surface area contributed by atoms with Gasteiger partial charge in [0.05, 0.1) is 12.8 Å². The summed E-state index contributed by atoms with van der Waals surface area (Å²) in [4.78, 5) is 2.46. The van der Waals surface area contributed by atoms with Crippen molar-refractivity contribution in [3.05, 3.63) is 36.3 Å². The van der Waals surface area contributed by atoms with E-state index >= 15 is 0 Å². The third kappa shape index (κ3) is 3.22. The van der Waals surface area contributed by atoms with Gasteiger partial charge in [0.25, 0.3) is 0 Å². The van der Waals surface area contributed by atoms with Crippen LogP contribution in [0.25, 0.3) is 0 Å². The van der Waals surface area contributed by atoms with Crippen molar-refractivity contribution in [2.45, 2.75) is 25.4 Å². The van der Waals surface area contributed by atoms with Crippen LogP contribution in [0.3, 0.4) is 0 Å². The molecule has 1 aromatic rings. The fraction of sp³-hybridized carbons (Fsp3) is 0.538. The van der Waals surface area contributed by atoms with Crippen LogP contribution >= 0.6 is 0 Å². The molecule has 0 radical (unpaired) electrons. The largest absolute Gasteiger partial charge is 0.468 e. The molecule has 1 aliphatic carbocycles. The second kappa shape index (κ2) is 5.32. The molecule has 0 unspecified atom stereocenters. The topological polar surface area (TPSA) is 28.4 Å². The van der Waals surface area contributed by atoms with Gasteiger partial charge in [0.15, 0.2) is 0 Å². The summed E-state index contributed by atoms with van der Waals surface area (Å²) < 4.78 is 5.40. The molecule has 1 N–H and O–H groups in total. The van der Waals surface area contributed by atoms with Crippen LogP contribution in [0.5, 0.6) is 0 Å². The first-order valence-corrected chi connectivity index (χ1v) is 5.87. The fourth-order valence-electron chi connectivity index (χ4n) is 1.95. The Kier molecular flexibility index (Phi) is 3.80. The summed E-state index contributed by atoms with van der Waals surface area (Å²) in [6.45, 7) is 6.85. The number of nitrogens with zero attached hydrogens (tertiary/aromatic N) is 1. The van der Waals surface area contributed by atoms with E-state index in [1.807, 2.05) is 19.2 Å². The number of hydrogen-bond donors (Lipinski definition) is 1. The maximum Gasteiger partial charge on any atom is 0.117 e. The first-order valence-electron chi connectivity index (χ1n) is 5.87. The molecular formula is C13H20N2O. The Morgan fingerprint density at radius 3 is 3.00 bits per heavy atom. The van der Waals surface area contributed by atoms with Gasteiger partial charge < -0.3 is 9.73 Å². The van der Waals surface area contributed by atoms with Crippen molar-refractivity contribution < 1.29 is 4.42 Å². The summed E-state index contributed by atoms with van der Waals surface area (Å²) in [5.74, 6) is 1.05. The predicted molar refractivity (Wildman–Crippen MR) is 65.2 cm³/mol. The van der Waals surface area contributed by atoms with Gasteiger partial charge in [-0.25, -0.2) is 0 Å². The lowest BCUT2D eigenvalue weighted by molar-refractivity contribution is 0.252. The highest BCUT2D eigenvalue weighted by Gasteiger charge is 2.29. The lowest BCUT2D eigenvalue weighted by atomic mass is 10.2. The standard InChI is InChI=1S/C13H20N2O/c1-11(8-14-2)9-15(12-5-6-12)10-13-4-3-7-16-13/h3-4,7,12,14H,1,5-6,8-10H2,2H3. The summed E-state index contributed by atoms with van der Waals surface area (Å²) in [6, 6.07) is 4.72. The van der Waals surface area contributed by atoms with Crippen molar-refractivity contribution in [1.82, 2.24) is 10.2 Å². The molecule has 0 amide bonds. The number of furan rings is 1. The highest BCUT2D eigenvalue weighted by molar-refractivity contribution is 5.05. The van der Waals surface area contributed by atoms with Crippen molar-refractivity contribution >= 4 is 0 Å². The molecule has 0 saturated heterocycles. The Bertz CT molecular complexity index is 328. The third-order valence-corrected chi connectivity index (χ3v) is 2.86. The van der Waals surface area contributed by atoms with Crippen molar-refractivity contribution in [2.75, 3.05) is 20.1 Å². The number of rotatable bonds is 7. The van der Waals surface area contributed by atoms with Crippen LogP contribution in [0.4, 0.5) is 0 Å². The fourth-order valence-corrected chi connectivity index (χ4v) is 1.95. The van der Waals surface area contributed by atoms with Crippen LogP contribution in [0.2, 0.25) is 0 Å². The minimum atomic E-state index is 0.735. The Hall–Kier alpha value is -1.06. The van der Waals surface area contributed by atoms with Crippen LogP contribution in [-0.4, -0.2) is 31.1 Å². The van der Waals surface area contributed by atoms with Crippen LogP contribution in [0.15, 0.2) is 35.0 Å². The summed E-state index contributed by atoms with van der Waals surface area (Å²) in [6.07, 6.45) is 4.36. The molecule has 1 aromatic heterocycles.